The van der Waals surface area contributed by atoms with Gasteiger partial charge in [0.15, 0.2) is 0 Å². The smallest absolute Gasteiger partial charge is 0.203 e. The lowest BCUT2D eigenvalue weighted by Crippen LogP contribution is -2.09. The van der Waals surface area contributed by atoms with Gasteiger partial charge in [-0.05, 0) is 25.0 Å². The number of nitrogens with zero attached hydrogens (tertiary/aromatic N) is 3. The molecular weight excluding hydrogens is 260 g/mol. The highest BCUT2D eigenvalue weighted by atomic mass is 15.2. The predicted octanol–water partition coefficient (Wildman–Crippen LogP) is 3.61. The summed E-state index contributed by atoms with van der Waals surface area (Å²) in [5.74, 6) is 0.933. The average molecular weight is 280 g/mol. The van der Waals surface area contributed by atoms with Gasteiger partial charge in [0, 0.05) is 24.3 Å². The van der Waals surface area contributed by atoms with Crippen molar-refractivity contribution in [1.29, 1.82) is 0 Å². The highest BCUT2D eigenvalue weighted by Crippen LogP contribution is 2.19. The van der Waals surface area contributed by atoms with Crippen molar-refractivity contribution in [2.24, 2.45) is 0 Å². The van der Waals surface area contributed by atoms with Crippen LogP contribution in [-0.4, -0.2) is 21.1 Å². The summed E-state index contributed by atoms with van der Waals surface area (Å²) in [6.07, 6.45) is 5.02. The lowest BCUT2D eigenvalue weighted by Gasteiger charge is -2.10. The SMILES string of the molecule is CCCNc1nc(C)cn1Cc1cccc2cccnc12. The van der Waals surface area contributed by atoms with Crippen molar-refractivity contribution in [2.75, 3.05) is 11.9 Å². The lowest BCUT2D eigenvalue weighted by molar-refractivity contribution is 0.795. The van der Waals surface area contributed by atoms with Gasteiger partial charge in [-0.25, -0.2) is 4.98 Å². The maximum atomic E-state index is 4.56. The molecule has 21 heavy (non-hydrogen) atoms. The average Bonchev–Trinajstić information content (AvgIpc) is 2.85. The van der Waals surface area contributed by atoms with Gasteiger partial charge in [-0.2, -0.15) is 0 Å². The molecule has 1 aromatic carbocycles. The van der Waals surface area contributed by atoms with Crippen LogP contribution < -0.4 is 5.32 Å². The van der Waals surface area contributed by atoms with Crippen molar-refractivity contribution in [2.45, 2.75) is 26.8 Å². The molecule has 0 saturated carbocycles. The number of para-hydroxylation sites is 1. The number of rotatable bonds is 5. The Kier molecular flexibility index (Phi) is 3.86. The molecule has 0 aliphatic heterocycles. The third-order valence-corrected chi connectivity index (χ3v) is 3.49. The fourth-order valence-corrected chi connectivity index (χ4v) is 2.52. The summed E-state index contributed by atoms with van der Waals surface area (Å²) < 4.78 is 2.16. The second-order valence-electron chi connectivity index (χ2n) is 5.25. The second-order valence-corrected chi connectivity index (χ2v) is 5.25. The van der Waals surface area contributed by atoms with Crippen LogP contribution in [0.3, 0.4) is 0 Å². The van der Waals surface area contributed by atoms with Crippen LogP contribution in [0.2, 0.25) is 0 Å². The molecular formula is C17H20N4. The number of aromatic nitrogens is 3. The highest BCUT2D eigenvalue weighted by molar-refractivity contribution is 5.81. The van der Waals surface area contributed by atoms with Gasteiger partial charge < -0.3 is 9.88 Å². The topological polar surface area (TPSA) is 42.7 Å². The molecule has 3 aromatic rings. The minimum atomic E-state index is 0.779. The van der Waals surface area contributed by atoms with E-state index in [0.717, 1.165) is 36.7 Å². The van der Waals surface area contributed by atoms with Crippen LogP contribution in [0.4, 0.5) is 5.95 Å². The molecule has 108 valence electrons. The molecule has 0 radical (unpaired) electrons. The van der Waals surface area contributed by atoms with Gasteiger partial charge in [-0.1, -0.05) is 31.2 Å². The summed E-state index contributed by atoms with van der Waals surface area (Å²) in [5.41, 5.74) is 3.31. The summed E-state index contributed by atoms with van der Waals surface area (Å²) in [7, 11) is 0. The van der Waals surface area contributed by atoms with Gasteiger partial charge in [-0.15, -0.1) is 0 Å². The van der Waals surface area contributed by atoms with E-state index in [2.05, 4.69) is 57.2 Å². The van der Waals surface area contributed by atoms with Crippen LogP contribution in [0, 0.1) is 6.92 Å². The van der Waals surface area contributed by atoms with Crippen LogP contribution in [0.15, 0.2) is 42.7 Å². The van der Waals surface area contributed by atoms with Crippen LogP contribution in [-0.2, 0) is 6.54 Å². The normalized spacial score (nSPS) is 11.0. The first-order chi connectivity index (χ1) is 10.3. The third-order valence-electron chi connectivity index (χ3n) is 3.49. The van der Waals surface area contributed by atoms with E-state index in [1.54, 1.807) is 0 Å². The Labute approximate surface area is 124 Å². The summed E-state index contributed by atoms with van der Waals surface area (Å²) >= 11 is 0. The van der Waals surface area contributed by atoms with Gasteiger partial charge in [0.25, 0.3) is 0 Å². The number of pyridine rings is 1. The van der Waals surface area contributed by atoms with E-state index in [-0.39, 0.29) is 0 Å². The number of hydrogen-bond acceptors (Lipinski definition) is 3. The van der Waals surface area contributed by atoms with E-state index in [4.69, 9.17) is 0 Å². The van der Waals surface area contributed by atoms with E-state index in [1.165, 1.54) is 10.9 Å². The summed E-state index contributed by atoms with van der Waals surface area (Å²) in [6.45, 7) is 5.89. The van der Waals surface area contributed by atoms with Gasteiger partial charge in [0.2, 0.25) is 5.95 Å². The quantitative estimate of drug-likeness (QED) is 0.776. The fourth-order valence-electron chi connectivity index (χ4n) is 2.52. The number of hydrogen-bond donors (Lipinski definition) is 1. The molecule has 2 heterocycles. The molecule has 3 rings (SSSR count). The Bertz CT molecular complexity index is 740. The van der Waals surface area contributed by atoms with Gasteiger partial charge in [-0.3, -0.25) is 4.98 Å². The van der Waals surface area contributed by atoms with E-state index < -0.39 is 0 Å². The molecule has 0 fully saturated rings. The molecule has 0 atom stereocenters. The van der Waals surface area contributed by atoms with Gasteiger partial charge in [0.1, 0.15) is 0 Å². The van der Waals surface area contributed by atoms with Crippen molar-refractivity contribution < 1.29 is 0 Å². The van der Waals surface area contributed by atoms with Crippen molar-refractivity contribution in [3.05, 3.63) is 54.0 Å². The fraction of sp³-hybridized carbons (Fsp3) is 0.294. The third kappa shape index (κ3) is 2.89. The Balaban J connectivity index is 1.95. The molecule has 0 bridgehead atoms. The summed E-state index contributed by atoms with van der Waals surface area (Å²) in [4.78, 5) is 9.08. The van der Waals surface area contributed by atoms with E-state index >= 15 is 0 Å². The van der Waals surface area contributed by atoms with Crippen LogP contribution in [0.1, 0.15) is 24.6 Å². The Morgan fingerprint density at radius 2 is 2.05 bits per heavy atom. The number of nitrogens with one attached hydrogen (secondary N) is 1. The molecule has 0 spiro atoms. The number of aryl methyl sites for hydroxylation is 1. The number of fused-ring (bicyclic) bond motifs is 1. The number of benzene rings is 1. The zero-order valence-electron chi connectivity index (χ0n) is 12.5. The predicted molar refractivity (Wildman–Crippen MR) is 86.6 cm³/mol. The van der Waals surface area contributed by atoms with Gasteiger partial charge in [0.05, 0.1) is 17.8 Å². The van der Waals surface area contributed by atoms with E-state index in [0.29, 0.717) is 0 Å². The van der Waals surface area contributed by atoms with Crippen molar-refractivity contribution >= 4 is 16.9 Å². The van der Waals surface area contributed by atoms with Crippen molar-refractivity contribution in [1.82, 2.24) is 14.5 Å². The summed E-state index contributed by atoms with van der Waals surface area (Å²) in [6, 6.07) is 10.4. The first-order valence-electron chi connectivity index (χ1n) is 7.38. The zero-order valence-corrected chi connectivity index (χ0v) is 12.5. The Morgan fingerprint density at radius 1 is 1.19 bits per heavy atom. The largest absolute Gasteiger partial charge is 0.356 e. The minimum absolute atomic E-state index is 0.779. The molecule has 4 heteroatoms. The molecule has 0 amide bonds. The van der Waals surface area contributed by atoms with Crippen LogP contribution in [0.25, 0.3) is 10.9 Å². The number of imidazole rings is 1. The maximum Gasteiger partial charge on any atom is 0.203 e. The van der Waals surface area contributed by atoms with Crippen molar-refractivity contribution in [3.63, 3.8) is 0 Å². The molecule has 0 aliphatic rings. The second kappa shape index (κ2) is 5.95. The molecule has 0 unspecified atom stereocenters. The summed E-state index contributed by atoms with van der Waals surface area (Å²) in [5, 5.41) is 4.56. The molecule has 4 nitrogen and oxygen atoms in total. The van der Waals surface area contributed by atoms with Crippen molar-refractivity contribution in [3.8, 4) is 0 Å². The van der Waals surface area contributed by atoms with E-state index in [1.807, 2.05) is 19.2 Å². The van der Waals surface area contributed by atoms with Gasteiger partial charge >= 0.3 is 0 Å². The molecule has 0 saturated heterocycles. The first-order valence-corrected chi connectivity index (χ1v) is 7.38. The zero-order chi connectivity index (χ0) is 14.7. The standard InChI is InChI=1S/C17H20N4/c1-3-9-19-17-20-13(2)11-21(17)12-15-7-4-6-14-8-5-10-18-16(14)15/h4-8,10-11H,3,9,12H2,1-2H3,(H,19,20). The Morgan fingerprint density at radius 3 is 2.90 bits per heavy atom. The Hall–Kier alpha value is -2.36. The van der Waals surface area contributed by atoms with Crippen LogP contribution >= 0.6 is 0 Å². The number of anilines is 1. The molecule has 2 aromatic heterocycles. The monoisotopic (exact) mass is 280 g/mol. The highest BCUT2D eigenvalue weighted by Gasteiger charge is 2.08. The molecule has 0 aliphatic carbocycles. The molecule has 1 N–H and O–H groups in total. The minimum Gasteiger partial charge on any atom is -0.356 e. The van der Waals surface area contributed by atoms with E-state index in [9.17, 15) is 0 Å². The lowest BCUT2D eigenvalue weighted by atomic mass is 10.1. The first kappa shape index (κ1) is 13.6. The van der Waals surface area contributed by atoms with Crippen LogP contribution in [0.5, 0.6) is 0 Å². The maximum absolute atomic E-state index is 4.56.